The lowest BCUT2D eigenvalue weighted by Crippen LogP contribution is -2.22. The van der Waals surface area contributed by atoms with Gasteiger partial charge in [0.2, 0.25) is 5.91 Å². The summed E-state index contributed by atoms with van der Waals surface area (Å²) in [5.74, 6) is 0.339. The highest BCUT2D eigenvalue weighted by molar-refractivity contribution is 5.83. The zero-order chi connectivity index (χ0) is 8.97. The summed E-state index contributed by atoms with van der Waals surface area (Å²) >= 11 is 0. The molecule has 0 aliphatic rings. The third-order valence-electron chi connectivity index (χ3n) is 1.27. The molecule has 0 aliphatic heterocycles. The summed E-state index contributed by atoms with van der Waals surface area (Å²) in [5.41, 5.74) is 2.61. The Morgan fingerprint density at radius 2 is 2.08 bits per heavy atom. The van der Waals surface area contributed by atoms with E-state index in [0.717, 1.165) is 0 Å². The van der Waals surface area contributed by atoms with Crippen LogP contribution in [0.2, 0.25) is 0 Å². The Balaban J connectivity index is 2.37. The van der Waals surface area contributed by atoms with E-state index in [1.165, 1.54) is 17.3 Å². The van der Waals surface area contributed by atoms with Crippen molar-refractivity contribution in [2.24, 2.45) is 5.92 Å². The number of rotatable bonds is 3. The summed E-state index contributed by atoms with van der Waals surface area (Å²) in [7, 11) is 0. The second-order valence-electron chi connectivity index (χ2n) is 3.00. The smallest absolute Gasteiger partial charge is 0.239 e. The molecule has 0 saturated carbocycles. The van der Waals surface area contributed by atoms with Crippen LogP contribution in [-0.4, -0.2) is 20.8 Å². The summed E-state index contributed by atoms with van der Waals surface area (Å²) in [4.78, 5) is 11.1. The fourth-order valence-corrected chi connectivity index (χ4v) is 0.819. The molecule has 1 N–H and O–H groups in total. The molecular weight excluding hydrogens is 156 g/mol. The fraction of sp³-hybridized carbons (Fsp3) is 0.571. The van der Waals surface area contributed by atoms with Gasteiger partial charge in [0.25, 0.3) is 0 Å². The fourth-order valence-electron chi connectivity index (χ4n) is 0.819. The summed E-state index contributed by atoms with van der Waals surface area (Å²) in [6.07, 6.45) is 3.40. The second-order valence-corrected chi connectivity index (χ2v) is 3.00. The SMILES string of the molecule is CC(C)CC(=O)Nn1cnnc1. The molecule has 1 heterocycles. The number of aromatic nitrogens is 3. The largest absolute Gasteiger partial charge is 0.273 e. The highest BCUT2D eigenvalue weighted by Crippen LogP contribution is 1.98. The molecule has 0 aromatic carbocycles. The molecule has 0 aliphatic carbocycles. The van der Waals surface area contributed by atoms with Gasteiger partial charge in [-0.1, -0.05) is 13.8 Å². The Hall–Kier alpha value is -1.39. The van der Waals surface area contributed by atoms with Gasteiger partial charge in [0, 0.05) is 6.42 Å². The van der Waals surface area contributed by atoms with Crippen molar-refractivity contribution in [1.29, 1.82) is 0 Å². The van der Waals surface area contributed by atoms with Crippen LogP contribution in [-0.2, 0) is 4.79 Å². The average Bonchev–Trinajstić information content (AvgIpc) is 2.37. The average molecular weight is 168 g/mol. The molecule has 0 atom stereocenters. The lowest BCUT2D eigenvalue weighted by atomic mass is 10.1. The molecule has 5 heteroatoms. The van der Waals surface area contributed by atoms with Crippen LogP contribution in [0.3, 0.4) is 0 Å². The number of nitrogens with one attached hydrogen (secondary N) is 1. The van der Waals surface area contributed by atoms with Gasteiger partial charge >= 0.3 is 0 Å². The van der Waals surface area contributed by atoms with Gasteiger partial charge in [-0.05, 0) is 5.92 Å². The lowest BCUT2D eigenvalue weighted by molar-refractivity contribution is -0.117. The normalized spacial score (nSPS) is 10.2. The molecule has 66 valence electrons. The van der Waals surface area contributed by atoms with Gasteiger partial charge in [-0.25, -0.2) is 4.68 Å². The summed E-state index contributed by atoms with van der Waals surface area (Å²) < 4.78 is 1.44. The van der Waals surface area contributed by atoms with Gasteiger partial charge in [0.05, 0.1) is 0 Å². The first-order chi connectivity index (χ1) is 5.68. The molecule has 1 aromatic heterocycles. The highest BCUT2D eigenvalue weighted by atomic mass is 16.2. The highest BCUT2D eigenvalue weighted by Gasteiger charge is 2.03. The van der Waals surface area contributed by atoms with E-state index in [1.807, 2.05) is 13.8 Å². The minimum absolute atomic E-state index is 0.0233. The van der Waals surface area contributed by atoms with E-state index in [4.69, 9.17) is 0 Å². The molecule has 1 rings (SSSR count). The van der Waals surface area contributed by atoms with E-state index >= 15 is 0 Å². The third kappa shape index (κ3) is 2.69. The van der Waals surface area contributed by atoms with E-state index in [1.54, 1.807) is 0 Å². The zero-order valence-electron chi connectivity index (χ0n) is 7.19. The summed E-state index contributed by atoms with van der Waals surface area (Å²) in [6.45, 7) is 3.98. The first-order valence-electron chi connectivity index (χ1n) is 3.83. The van der Waals surface area contributed by atoms with Crippen LogP contribution in [0.15, 0.2) is 12.7 Å². The maximum absolute atomic E-state index is 11.1. The Bertz CT molecular complexity index is 242. The molecule has 0 fully saturated rings. The Morgan fingerprint density at radius 3 is 2.58 bits per heavy atom. The maximum Gasteiger partial charge on any atom is 0.239 e. The van der Waals surface area contributed by atoms with Crippen LogP contribution in [0, 0.1) is 5.92 Å². The maximum atomic E-state index is 11.1. The second kappa shape index (κ2) is 3.85. The number of carbonyl (C=O) groups excluding carboxylic acids is 1. The Labute approximate surface area is 70.8 Å². The van der Waals surface area contributed by atoms with Crippen molar-refractivity contribution in [2.45, 2.75) is 20.3 Å². The summed E-state index contributed by atoms with van der Waals surface area (Å²) in [5, 5.41) is 7.11. The van der Waals surface area contributed by atoms with Crippen LogP contribution < -0.4 is 5.43 Å². The van der Waals surface area contributed by atoms with Gasteiger partial charge in [-0.2, -0.15) is 0 Å². The number of hydrogen-bond donors (Lipinski definition) is 1. The predicted molar refractivity (Wildman–Crippen MR) is 43.8 cm³/mol. The van der Waals surface area contributed by atoms with Crippen molar-refractivity contribution >= 4 is 5.91 Å². The van der Waals surface area contributed by atoms with Crippen molar-refractivity contribution in [3.63, 3.8) is 0 Å². The van der Waals surface area contributed by atoms with Gasteiger partial charge < -0.3 is 0 Å². The van der Waals surface area contributed by atoms with Crippen LogP contribution in [0.25, 0.3) is 0 Å². The van der Waals surface area contributed by atoms with E-state index in [0.29, 0.717) is 12.3 Å². The minimum Gasteiger partial charge on any atom is -0.273 e. The monoisotopic (exact) mass is 168 g/mol. The van der Waals surface area contributed by atoms with Gasteiger partial charge in [-0.15, -0.1) is 10.2 Å². The van der Waals surface area contributed by atoms with Crippen molar-refractivity contribution in [3.05, 3.63) is 12.7 Å². The van der Waals surface area contributed by atoms with E-state index < -0.39 is 0 Å². The topological polar surface area (TPSA) is 59.8 Å². The molecule has 12 heavy (non-hydrogen) atoms. The standard InChI is InChI=1S/C7H12N4O/c1-6(2)3-7(12)10-11-4-8-9-5-11/h4-6H,3H2,1-2H3,(H,10,12). The van der Waals surface area contributed by atoms with Crippen molar-refractivity contribution < 1.29 is 4.79 Å². The van der Waals surface area contributed by atoms with Crippen molar-refractivity contribution in [3.8, 4) is 0 Å². The van der Waals surface area contributed by atoms with Crippen LogP contribution >= 0.6 is 0 Å². The van der Waals surface area contributed by atoms with Crippen LogP contribution in [0.5, 0.6) is 0 Å². The molecular formula is C7H12N4O. The van der Waals surface area contributed by atoms with E-state index in [9.17, 15) is 4.79 Å². The number of hydrogen-bond acceptors (Lipinski definition) is 3. The Kier molecular flexibility index (Phi) is 2.79. The van der Waals surface area contributed by atoms with Crippen LogP contribution in [0.1, 0.15) is 20.3 Å². The lowest BCUT2D eigenvalue weighted by Gasteiger charge is -2.05. The van der Waals surface area contributed by atoms with E-state index in [2.05, 4.69) is 15.6 Å². The number of nitrogens with zero attached hydrogens (tertiary/aromatic N) is 3. The molecule has 1 aromatic rings. The molecule has 0 spiro atoms. The first-order valence-corrected chi connectivity index (χ1v) is 3.83. The van der Waals surface area contributed by atoms with E-state index in [-0.39, 0.29) is 5.91 Å². The van der Waals surface area contributed by atoms with Crippen molar-refractivity contribution in [1.82, 2.24) is 14.9 Å². The molecule has 0 bridgehead atoms. The Morgan fingerprint density at radius 1 is 1.50 bits per heavy atom. The van der Waals surface area contributed by atoms with Crippen LogP contribution in [0.4, 0.5) is 0 Å². The third-order valence-corrected chi connectivity index (χ3v) is 1.27. The van der Waals surface area contributed by atoms with Crippen molar-refractivity contribution in [2.75, 3.05) is 5.43 Å². The molecule has 5 nitrogen and oxygen atoms in total. The minimum atomic E-state index is -0.0233. The summed E-state index contributed by atoms with van der Waals surface area (Å²) in [6, 6.07) is 0. The van der Waals surface area contributed by atoms with Gasteiger partial charge in [-0.3, -0.25) is 10.2 Å². The number of carbonyl (C=O) groups is 1. The molecule has 1 amide bonds. The molecule has 0 radical (unpaired) electrons. The zero-order valence-corrected chi connectivity index (χ0v) is 7.19. The number of amides is 1. The quantitative estimate of drug-likeness (QED) is 0.710. The molecule has 0 unspecified atom stereocenters. The molecule has 0 saturated heterocycles. The predicted octanol–water partition coefficient (Wildman–Crippen LogP) is 0.394. The first kappa shape index (κ1) is 8.70. The van der Waals surface area contributed by atoms with Gasteiger partial charge in [0.1, 0.15) is 12.7 Å². The van der Waals surface area contributed by atoms with Gasteiger partial charge in [0.15, 0.2) is 0 Å².